The Kier molecular flexibility index (Phi) is 4.06. The van der Waals surface area contributed by atoms with Gasteiger partial charge in [0.15, 0.2) is 0 Å². The first-order valence-electron chi connectivity index (χ1n) is 3.92. The van der Waals surface area contributed by atoms with Crippen molar-refractivity contribution in [3.63, 3.8) is 0 Å². The molecule has 1 aromatic rings. The second kappa shape index (κ2) is 5.38. The Morgan fingerprint density at radius 3 is 2.92 bits per heavy atom. The molecule has 0 aliphatic rings. The van der Waals surface area contributed by atoms with Gasteiger partial charge in [0.1, 0.15) is 0 Å². The summed E-state index contributed by atoms with van der Waals surface area (Å²) < 4.78 is 0. The maximum atomic E-state index is 5.35. The fraction of sp³-hybridized carbons (Fsp3) is 0.100. The highest BCUT2D eigenvalue weighted by atomic mass is 32.1. The summed E-state index contributed by atoms with van der Waals surface area (Å²) in [5.41, 5.74) is 7.17. The molecule has 2 N–H and O–H groups in total. The van der Waals surface area contributed by atoms with Gasteiger partial charge in [-0.05, 0) is 18.3 Å². The van der Waals surface area contributed by atoms with Crippen LogP contribution in [0.15, 0.2) is 35.3 Å². The average Bonchev–Trinajstić information content (AvgIpc) is 2.17. The van der Waals surface area contributed by atoms with E-state index in [1.54, 1.807) is 0 Å². The largest absolute Gasteiger partial charge is 0.327 e. The summed E-state index contributed by atoms with van der Waals surface area (Å²) in [7, 11) is 0. The monoisotopic (exact) mass is 190 g/mol. The van der Waals surface area contributed by atoms with Gasteiger partial charge in [0.05, 0.1) is 10.8 Å². The summed E-state index contributed by atoms with van der Waals surface area (Å²) in [4.78, 5) is 3.93. The SMILES string of the molecule is NCC=Cc1ccccc1N=C=S. The number of benzene rings is 1. The third-order valence-electron chi connectivity index (χ3n) is 1.54. The molecule has 0 bridgehead atoms. The normalized spacial score (nSPS) is 9.92. The number of rotatable bonds is 3. The first-order valence-corrected chi connectivity index (χ1v) is 4.33. The van der Waals surface area contributed by atoms with E-state index in [2.05, 4.69) is 22.4 Å². The lowest BCUT2D eigenvalue weighted by Crippen LogP contribution is -1.91. The van der Waals surface area contributed by atoms with Crippen LogP contribution in [-0.4, -0.2) is 11.7 Å². The minimum atomic E-state index is 0.523. The first kappa shape index (κ1) is 9.81. The van der Waals surface area contributed by atoms with Gasteiger partial charge in [0, 0.05) is 12.1 Å². The molecule has 0 aliphatic heterocycles. The Bertz CT molecular complexity index is 352. The van der Waals surface area contributed by atoms with Gasteiger partial charge in [-0.1, -0.05) is 30.4 Å². The zero-order chi connectivity index (χ0) is 9.52. The van der Waals surface area contributed by atoms with Crippen LogP contribution in [0.1, 0.15) is 5.56 Å². The van der Waals surface area contributed by atoms with Gasteiger partial charge in [-0.15, -0.1) is 0 Å². The predicted molar refractivity (Wildman–Crippen MR) is 59.2 cm³/mol. The van der Waals surface area contributed by atoms with Crippen molar-refractivity contribution in [1.29, 1.82) is 0 Å². The van der Waals surface area contributed by atoms with Crippen LogP contribution < -0.4 is 5.73 Å². The zero-order valence-corrected chi connectivity index (χ0v) is 7.92. The molecule has 0 aromatic heterocycles. The molecule has 1 rings (SSSR count). The van der Waals surface area contributed by atoms with E-state index in [1.165, 1.54) is 0 Å². The fourth-order valence-corrected chi connectivity index (χ4v) is 1.07. The molecule has 3 heteroatoms. The smallest absolute Gasteiger partial charge is 0.0811 e. The molecule has 0 aliphatic carbocycles. The molecular formula is C10H10N2S. The number of isothiocyanates is 1. The van der Waals surface area contributed by atoms with Crippen molar-refractivity contribution >= 4 is 29.1 Å². The Balaban J connectivity index is 3.04. The molecule has 2 nitrogen and oxygen atoms in total. The minimum absolute atomic E-state index is 0.523. The second-order valence-electron chi connectivity index (χ2n) is 2.40. The first-order chi connectivity index (χ1) is 6.38. The van der Waals surface area contributed by atoms with Gasteiger partial charge in [-0.25, -0.2) is 0 Å². The highest BCUT2D eigenvalue weighted by molar-refractivity contribution is 7.78. The number of hydrogen-bond donors (Lipinski definition) is 1. The summed E-state index contributed by atoms with van der Waals surface area (Å²) in [6.45, 7) is 0.523. The van der Waals surface area contributed by atoms with Crippen LogP contribution in [0.4, 0.5) is 5.69 Å². The van der Waals surface area contributed by atoms with Gasteiger partial charge >= 0.3 is 0 Å². The third-order valence-corrected chi connectivity index (χ3v) is 1.63. The van der Waals surface area contributed by atoms with Crippen molar-refractivity contribution in [2.24, 2.45) is 10.7 Å². The highest BCUT2D eigenvalue weighted by Crippen LogP contribution is 2.18. The zero-order valence-electron chi connectivity index (χ0n) is 7.10. The fourth-order valence-electron chi connectivity index (χ4n) is 0.974. The Labute approximate surface area is 82.8 Å². The average molecular weight is 190 g/mol. The van der Waals surface area contributed by atoms with E-state index in [-0.39, 0.29) is 0 Å². The van der Waals surface area contributed by atoms with E-state index in [1.807, 2.05) is 36.4 Å². The lowest BCUT2D eigenvalue weighted by Gasteiger charge is -1.96. The predicted octanol–water partition coefficient (Wildman–Crippen LogP) is 2.39. The molecular weight excluding hydrogens is 180 g/mol. The van der Waals surface area contributed by atoms with Gasteiger partial charge in [-0.2, -0.15) is 4.99 Å². The van der Waals surface area contributed by atoms with E-state index in [9.17, 15) is 0 Å². The molecule has 0 radical (unpaired) electrons. The van der Waals surface area contributed by atoms with Crippen LogP contribution >= 0.6 is 12.2 Å². The van der Waals surface area contributed by atoms with Gasteiger partial charge < -0.3 is 5.73 Å². The Hall–Kier alpha value is -1.28. The number of nitrogens with zero attached hydrogens (tertiary/aromatic N) is 1. The molecule has 0 saturated carbocycles. The standard InChI is InChI=1S/C10H10N2S/c11-7-3-5-9-4-1-2-6-10(9)12-8-13/h1-6H,7,11H2. The number of para-hydroxylation sites is 1. The van der Waals surface area contributed by atoms with Crippen molar-refractivity contribution in [3.05, 3.63) is 35.9 Å². The van der Waals surface area contributed by atoms with Gasteiger partial charge in [0.2, 0.25) is 0 Å². The van der Waals surface area contributed by atoms with Crippen molar-refractivity contribution in [2.75, 3.05) is 6.54 Å². The molecule has 0 amide bonds. The van der Waals surface area contributed by atoms with E-state index >= 15 is 0 Å². The van der Waals surface area contributed by atoms with Crippen LogP contribution in [-0.2, 0) is 0 Å². The highest BCUT2D eigenvalue weighted by Gasteiger charge is 1.93. The Morgan fingerprint density at radius 2 is 2.23 bits per heavy atom. The summed E-state index contributed by atoms with van der Waals surface area (Å²) in [6.07, 6.45) is 3.79. The van der Waals surface area contributed by atoms with Gasteiger partial charge in [0.25, 0.3) is 0 Å². The van der Waals surface area contributed by atoms with Crippen molar-refractivity contribution in [2.45, 2.75) is 0 Å². The molecule has 0 spiro atoms. The Morgan fingerprint density at radius 1 is 1.46 bits per heavy atom. The lowest BCUT2D eigenvalue weighted by molar-refractivity contribution is 1.26. The maximum Gasteiger partial charge on any atom is 0.0811 e. The van der Waals surface area contributed by atoms with Crippen molar-refractivity contribution in [1.82, 2.24) is 0 Å². The maximum absolute atomic E-state index is 5.35. The second-order valence-corrected chi connectivity index (χ2v) is 2.58. The van der Waals surface area contributed by atoms with Crippen LogP contribution in [0, 0.1) is 0 Å². The molecule has 1 aromatic carbocycles. The summed E-state index contributed by atoms with van der Waals surface area (Å²) in [6, 6.07) is 7.69. The molecule has 13 heavy (non-hydrogen) atoms. The lowest BCUT2D eigenvalue weighted by atomic mass is 10.1. The quantitative estimate of drug-likeness (QED) is 0.587. The summed E-state index contributed by atoms with van der Waals surface area (Å²) in [5, 5.41) is 2.34. The summed E-state index contributed by atoms with van der Waals surface area (Å²) >= 11 is 4.54. The van der Waals surface area contributed by atoms with E-state index in [0.717, 1.165) is 11.3 Å². The van der Waals surface area contributed by atoms with Crippen LogP contribution in [0.2, 0.25) is 0 Å². The third kappa shape index (κ3) is 2.92. The molecule has 0 saturated heterocycles. The molecule has 0 unspecified atom stereocenters. The van der Waals surface area contributed by atoms with E-state index in [4.69, 9.17) is 5.73 Å². The minimum Gasteiger partial charge on any atom is -0.327 e. The van der Waals surface area contributed by atoms with E-state index in [0.29, 0.717) is 6.54 Å². The molecule has 0 heterocycles. The molecule has 0 atom stereocenters. The summed E-state index contributed by atoms with van der Waals surface area (Å²) in [5.74, 6) is 0. The number of hydrogen-bond acceptors (Lipinski definition) is 3. The van der Waals surface area contributed by atoms with Crippen LogP contribution in [0.25, 0.3) is 6.08 Å². The number of thiocarbonyl (C=S) groups is 1. The van der Waals surface area contributed by atoms with Crippen molar-refractivity contribution in [3.8, 4) is 0 Å². The van der Waals surface area contributed by atoms with Crippen LogP contribution in [0.5, 0.6) is 0 Å². The topological polar surface area (TPSA) is 38.4 Å². The van der Waals surface area contributed by atoms with Gasteiger partial charge in [-0.3, -0.25) is 0 Å². The van der Waals surface area contributed by atoms with Crippen molar-refractivity contribution < 1.29 is 0 Å². The molecule has 0 fully saturated rings. The van der Waals surface area contributed by atoms with E-state index < -0.39 is 0 Å². The number of aliphatic imine (C=N–C) groups is 1. The van der Waals surface area contributed by atoms with Crippen LogP contribution in [0.3, 0.4) is 0 Å². The molecule has 66 valence electrons. The number of nitrogens with two attached hydrogens (primary N) is 1.